The molecule has 1 aromatic heterocycles. The maximum absolute atomic E-state index is 12.4. The van der Waals surface area contributed by atoms with E-state index in [4.69, 9.17) is 4.74 Å². The van der Waals surface area contributed by atoms with Gasteiger partial charge in [0, 0.05) is 42.2 Å². The molecule has 1 N–H and O–H groups in total. The first-order chi connectivity index (χ1) is 15.4. The normalized spacial score (nSPS) is 18.4. The van der Waals surface area contributed by atoms with Crippen molar-refractivity contribution in [3.05, 3.63) is 65.0 Å². The van der Waals surface area contributed by atoms with Gasteiger partial charge in [0.2, 0.25) is 5.91 Å². The summed E-state index contributed by atoms with van der Waals surface area (Å²) in [6.45, 7) is 5.75. The standard InChI is InChI=1S/C22H24N6O4/c1-15-11-26(12-16(2)32-15)19-8-6-18(7-9-19)24-21(29)13-27-14-23-22(25-27)17-4-3-5-20(10-17)28(30)31/h3-10,14-16H,11-13H2,1-2H3,(H,24,29). The molecule has 0 spiro atoms. The molecule has 10 heteroatoms. The molecule has 1 aliphatic rings. The highest BCUT2D eigenvalue weighted by Gasteiger charge is 2.22. The molecule has 2 aromatic carbocycles. The van der Waals surface area contributed by atoms with Gasteiger partial charge in [0.05, 0.1) is 17.1 Å². The van der Waals surface area contributed by atoms with E-state index in [1.807, 2.05) is 24.3 Å². The monoisotopic (exact) mass is 436 g/mol. The lowest BCUT2D eigenvalue weighted by atomic mass is 10.2. The minimum Gasteiger partial charge on any atom is -0.372 e. The Kier molecular flexibility index (Phi) is 6.13. The van der Waals surface area contributed by atoms with Crippen LogP contribution in [-0.4, -0.2) is 50.9 Å². The molecule has 10 nitrogen and oxygen atoms in total. The second-order valence-corrected chi connectivity index (χ2v) is 7.83. The summed E-state index contributed by atoms with van der Waals surface area (Å²) in [5.74, 6) is 0.0710. The molecule has 1 fully saturated rings. The molecule has 166 valence electrons. The molecule has 4 rings (SSSR count). The quantitative estimate of drug-likeness (QED) is 0.466. The van der Waals surface area contributed by atoms with Crippen molar-refractivity contribution in [3.8, 4) is 11.4 Å². The molecule has 0 radical (unpaired) electrons. The number of carbonyl (C=O) groups is 1. The van der Waals surface area contributed by atoms with Crippen molar-refractivity contribution in [1.82, 2.24) is 14.8 Å². The Balaban J connectivity index is 1.36. The molecule has 2 atom stereocenters. The van der Waals surface area contributed by atoms with Crippen LogP contribution in [0.25, 0.3) is 11.4 Å². The van der Waals surface area contributed by atoms with Crippen LogP contribution in [0.1, 0.15) is 13.8 Å². The highest BCUT2D eigenvalue weighted by atomic mass is 16.6. The summed E-state index contributed by atoms with van der Waals surface area (Å²) in [5.41, 5.74) is 2.25. The summed E-state index contributed by atoms with van der Waals surface area (Å²) in [5, 5.41) is 18.1. The van der Waals surface area contributed by atoms with Gasteiger partial charge in [-0.2, -0.15) is 5.10 Å². The largest absolute Gasteiger partial charge is 0.372 e. The van der Waals surface area contributed by atoms with Crippen molar-refractivity contribution in [2.75, 3.05) is 23.3 Å². The number of carbonyl (C=O) groups excluding carboxylic acids is 1. The lowest BCUT2D eigenvalue weighted by Gasteiger charge is -2.36. The lowest BCUT2D eigenvalue weighted by Crippen LogP contribution is -2.45. The molecule has 2 unspecified atom stereocenters. The minimum atomic E-state index is -0.473. The maximum Gasteiger partial charge on any atom is 0.270 e. The Morgan fingerprint density at radius 1 is 1.19 bits per heavy atom. The van der Waals surface area contributed by atoms with Gasteiger partial charge >= 0.3 is 0 Å². The van der Waals surface area contributed by atoms with Crippen LogP contribution in [-0.2, 0) is 16.1 Å². The summed E-state index contributed by atoms with van der Waals surface area (Å²) in [6.07, 6.45) is 1.78. The number of nitro groups is 1. The number of hydrogen-bond donors (Lipinski definition) is 1. The van der Waals surface area contributed by atoms with E-state index in [9.17, 15) is 14.9 Å². The van der Waals surface area contributed by atoms with Crippen LogP contribution in [0.15, 0.2) is 54.9 Å². The van der Waals surface area contributed by atoms with Gasteiger partial charge in [-0.1, -0.05) is 12.1 Å². The number of nitrogens with one attached hydrogen (secondary N) is 1. The number of non-ortho nitro benzene ring substituents is 1. The van der Waals surface area contributed by atoms with Crippen LogP contribution in [0.4, 0.5) is 17.1 Å². The molecule has 1 amide bonds. The Morgan fingerprint density at radius 2 is 1.91 bits per heavy atom. The van der Waals surface area contributed by atoms with E-state index in [-0.39, 0.29) is 30.3 Å². The van der Waals surface area contributed by atoms with Gasteiger partial charge in [-0.3, -0.25) is 14.9 Å². The van der Waals surface area contributed by atoms with E-state index in [1.54, 1.807) is 12.1 Å². The van der Waals surface area contributed by atoms with Gasteiger partial charge in [-0.05, 0) is 38.1 Å². The van der Waals surface area contributed by atoms with Gasteiger partial charge in [-0.15, -0.1) is 0 Å². The van der Waals surface area contributed by atoms with E-state index in [0.29, 0.717) is 17.1 Å². The van der Waals surface area contributed by atoms with Crippen molar-refractivity contribution in [1.29, 1.82) is 0 Å². The number of amides is 1. The topological polar surface area (TPSA) is 115 Å². The summed E-state index contributed by atoms with van der Waals surface area (Å²) < 4.78 is 7.17. The summed E-state index contributed by atoms with van der Waals surface area (Å²) in [4.78, 5) is 29.3. The number of nitro benzene ring substituents is 1. The van der Waals surface area contributed by atoms with Crippen molar-refractivity contribution in [3.63, 3.8) is 0 Å². The zero-order valence-corrected chi connectivity index (χ0v) is 17.8. The summed E-state index contributed by atoms with van der Waals surface area (Å²) in [6, 6.07) is 13.8. The smallest absolute Gasteiger partial charge is 0.270 e. The van der Waals surface area contributed by atoms with Crippen LogP contribution >= 0.6 is 0 Å². The Morgan fingerprint density at radius 3 is 2.59 bits per heavy atom. The van der Waals surface area contributed by atoms with Crippen molar-refractivity contribution in [2.45, 2.75) is 32.6 Å². The second kappa shape index (κ2) is 9.15. The summed E-state index contributed by atoms with van der Waals surface area (Å²) in [7, 11) is 0. The van der Waals surface area contributed by atoms with Crippen molar-refractivity contribution in [2.24, 2.45) is 0 Å². The van der Waals surface area contributed by atoms with E-state index in [0.717, 1.165) is 18.8 Å². The highest BCUT2D eigenvalue weighted by Crippen LogP contribution is 2.23. The number of anilines is 2. The fraction of sp³-hybridized carbons (Fsp3) is 0.318. The third-order valence-electron chi connectivity index (χ3n) is 5.09. The number of rotatable bonds is 6. The van der Waals surface area contributed by atoms with Crippen LogP contribution in [0, 0.1) is 10.1 Å². The zero-order valence-electron chi connectivity index (χ0n) is 17.8. The number of hydrogen-bond acceptors (Lipinski definition) is 7. The first-order valence-corrected chi connectivity index (χ1v) is 10.3. The molecular formula is C22H24N6O4. The van der Waals surface area contributed by atoms with E-state index in [2.05, 4.69) is 34.1 Å². The third kappa shape index (κ3) is 5.09. The molecule has 32 heavy (non-hydrogen) atoms. The van der Waals surface area contributed by atoms with Gasteiger partial charge in [-0.25, -0.2) is 9.67 Å². The van der Waals surface area contributed by atoms with Gasteiger partial charge in [0.1, 0.15) is 12.9 Å². The zero-order chi connectivity index (χ0) is 22.7. The average Bonchev–Trinajstić information content (AvgIpc) is 3.22. The Bertz CT molecular complexity index is 1100. The van der Waals surface area contributed by atoms with Crippen molar-refractivity contribution >= 4 is 23.0 Å². The molecule has 0 aliphatic carbocycles. The number of ether oxygens (including phenoxy) is 1. The molecule has 0 saturated carbocycles. The van der Waals surface area contributed by atoms with Gasteiger partial charge in [0.25, 0.3) is 5.69 Å². The number of morpholine rings is 1. The van der Waals surface area contributed by atoms with Crippen LogP contribution < -0.4 is 10.2 Å². The Labute approximate surface area is 185 Å². The fourth-order valence-electron chi connectivity index (χ4n) is 3.75. The number of nitrogens with zero attached hydrogens (tertiary/aromatic N) is 5. The molecule has 1 aliphatic heterocycles. The van der Waals surface area contributed by atoms with Gasteiger partial charge in [0.15, 0.2) is 5.82 Å². The van der Waals surface area contributed by atoms with Crippen molar-refractivity contribution < 1.29 is 14.5 Å². The summed E-state index contributed by atoms with van der Waals surface area (Å²) >= 11 is 0. The second-order valence-electron chi connectivity index (χ2n) is 7.83. The molecule has 3 aromatic rings. The first kappa shape index (κ1) is 21.4. The Hall–Kier alpha value is -3.79. The number of benzene rings is 2. The lowest BCUT2D eigenvalue weighted by molar-refractivity contribution is -0.384. The molecular weight excluding hydrogens is 412 g/mol. The molecule has 1 saturated heterocycles. The van der Waals surface area contributed by atoms with E-state index < -0.39 is 4.92 Å². The SMILES string of the molecule is CC1CN(c2ccc(NC(=O)Cn3cnc(-c4cccc([N+](=O)[O-])c4)n3)cc2)CC(C)O1. The molecule has 2 heterocycles. The highest BCUT2D eigenvalue weighted by molar-refractivity contribution is 5.90. The minimum absolute atomic E-state index is 0.0256. The average molecular weight is 436 g/mol. The van der Waals surface area contributed by atoms with E-state index >= 15 is 0 Å². The van der Waals surface area contributed by atoms with Gasteiger partial charge < -0.3 is 15.0 Å². The predicted molar refractivity (Wildman–Crippen MR) is 119 cm³/mol. The molecule has 0 bridgehead atoms. The maximum atomic E-state index is 12.4. The fourth-order valence-corrected chi connectivity index (χ4v) is 3.75. The van der Waals surface area contributed by atoms with Crippen LogP contribution in [0.3, 0.4) is 0 Å². The predicted octanol–water partition coefficient (Wildman–Crippen LogP) is 3.11. The van der Waals surface area contributed by atoms with Crippen LogP contribution in [0.5, 0.6) is 0 Å². The first-order valence-electron chi connectivity index (χ1n) is 10.3. The third-order valence-corrected chi connectivity index (χ3v) is 5.09. The van der Waals surface area contributed by atoms with E-state index in [1.165, 1.54) is 23.1 Å². The van der Waals surface area contributed by atoms with Crippen LogP contribution in [0.2, 0.25) is 0 Å². The number of aromatic nitrogens is 3.